The number of rotatable bonds is 5. The van der Waals surface area contributed by atoms with Gasteiger partial charge in [0.1, 0.15) is 16.4 Å². The van der Waals surface area contributed by atoms with Gasteiger partial charge in [-0.3, -0.25) is 0 Å². The van der Waals surface area contributed by atoms with Crippen LogP contribution >= 0.6 is 23.2 Å². The van der Waals surface area contributed by atoms with Crippen molar-refractivity contribution in [2.24, 2.45) is 0 Å². The molecule has 1 aromatic carbocycles. The maximum Gasteiger partial charge on any atom is 0.242 e. The predicted molar refractivity (Wildman–Crippen MR) is 79.9 cm³/mol. The summed E-state index contributed by atoms with van der Waals surface area (Å²) in [6, 6.07) is 5.96. The molecule has 0 radical (unpaired) electrons. The van der Waals surface area contributed by atoms with Crippen molar-refractivity contribution >= 4 is 33.2 Å². The number of aryl methyl sites for hydroxylation is 1. The second kappa shape index (κ2) is 6.37. The molecule has 8 heteroatoms. The number of halogens is 2. The van der Waals surface area contributed by atoms with Gasteiger partial charge < -0.3 is 9.52 Å². The molecule has 5 nitrogen and oxygen atoms in total. The van der Waals surface area contributed by atoms with Crippen molar-refractivity contribution in [1.82, 2.24) is 4.72 Å². The number of aliphatic hydroxyl groups excluding tert-OH is 1. The Hall–Kier alpha value is -1.05. The van der Waals surface area contributed by atoms with E-state index in [1.165, 1.54) is 12.1 Å². The Balaban J connectivity index is 2.27. The average molecular weight is 350 g/mol. The van der Waals surface area contributed by atoms with E-state index in [9.17, 15) is 8.42 Å². The van der Waals surface area contributed by atoms with Crippen molar-refractivity contribution < 1.29 is 17.9 Å². The fourth-order valence-electron chi connectivity index (χ4n) is 1.72. The van der Waals surface area contributed by atoms with Gasteiger partial charge in [0.2, 0.25) is 10.0 Å². The smallest absolute Gasteiger partial charge is 0.242 e. The van der Waals surface area contributed by atoms with Gasteiger partial charge in [-0.1, -0.05) is 23.2 Å². The monoisotopic (exact) mass is 349 g/mol. The molecule has 2 N–H and O–H groups in total. The third kappa shape index (κ3) is 3.78. The third-order valence-electron chi connectivity index (χ3n) is 2.79. The van der Waals surface area contributed by atoms with E-state index >= 15 is 0 Å². The maximum atomic E-state index is 12.3. The number of aliphatic hydroxyl groups is 1. The molecule has 1 aromatic heterocycles. The van der Waals surface area contributed by atoms with Crippen LogP contribution in [0, 0.1) is 6.92 Å². The van der Waals surface area contributed by atoms with Crippen LogP contribution in [0.15, 0.2) is 33.6 Å². The zero-order valence-electron chi connectivity index (χ0n) is 11.1. The minimum atomic E-state index is -3.84. The van der Waals surface area contributed by atoms with Gasteiger partial charge in [-0.25, -0.2) is 13.1 Å². The molecule has 114 valence electrons. The maximum absolute atomic E-state index is 12.3. The normalized spacial score (nSPS) is 11.8. The summed E-state index contributed by atoms with van der Waals surface area (Å²) in [4.78, 5) is -0.138. The Morgan fingerprint density at radius 2 is 1.95 bits per heavy atom. The lowest BCUT2D eigenvalue weighted by Gasteiger charge is -2.10. The molecule has 0 saturated heterocycles. The first-order valence-electron chi connectivity index (χ1n) is 5.97. The highest BCUT2D eigenvalue weighted by molar-refractivity contribution is 7.89. The molecule has 0 saturated carbocycles. The van der Waals surface area contributed by atoms with Crippen LogP contribution in [0.4, 0.5) is 0 Å². The predicted octanol–water partition coefficient (Wildman–Crippen LogP) is 2.87. The molecular weight excluding hydrogens is 337 g/mol. The summed E-state index contributed by atoms with van der Waals surface area (Å²) in [6.45, 7) is 1.39. The van der Waals surface area contributed by atoms with Gasteiger partial charge in [-0.2, -0.15) is 0 Å². The summed E-state index contributed by atoms with van der Waals surface area (Å²) in [6.07, 6.45) is 0. The molecule has 1 heterocycles. The zero-order valence-corrected chi connectivity index (χ0v) is 13.4. The molecule has 0 fully saturated rings. The van der Waals surface area contributed by atoms with E-state index in [1.54, 1.807) is 19.1 Å². The standard InChI is InChI=1S/C13H13Cl2NO4S/c1-8-2-3-10(20-8)6-16-21(18,19)13-4-9(7-17)11(14)5-12(13)15/h2-5,16-17H,6-7H2,1H3. The highest BCUT2D eigenvalue weighted by Gasteiger charge is 2.20. The average Bonchev–Trinajstić information content (AvgIpc) is 2.82. The van der Waals surface area contributed by atoms with E-state index in [2.05, 4.69) is 4.72 Å². The first-order chi connectivity index (χ1) is 9.83. The molecule has 0 aliphatic carbocycles. The molecule has 0 atom stereocenters. The van der Waals surface area contributed by atoms with Gasteiger partial charge in [0.15, 0.2) is 0 Å². The second-order valence-electron chi connectivity index (χ2n) is 4.37. The number of hydrogen-bond acceptors (Lipinski definition) is 4. The van der Waals surface area contributed by atoms with Crippen molar-refractivity contribution in [3.63, 3.8) is 0 Å². The Morgan fingerprint density at radius 1 is 1.24 bits per heavy atom. The van der Waals surface area contributed by atoms with Crippen LogP contribution in [-0.2, 0) is 23.2 Å². The summed E-state index contributed by atoms with van der Waals surface area (Å²) in [7, 11) is -3.84. The highest BCUT2D eigenvalue weighted by Crippen LogP contribution is 2.28. The van der Waals surface area contributed by atoms with E-state index in [4.69, 9.17) is 32.7 Å². The van der Waals surface area contributed by atoms with Crippen LogP contribution in [0.1, 0.15) is 17.1 Å². The Kier molecular flexibility index (Phi) is 4.95. The Morgan fingerprint density at radius 3 is 2.52 bits per heavy atom. The Bertz CT molecular complexity index is 756. The number of furan rings is 1. The van der Waals surface area contributed by atoms with Gasteiger partial charge in [0.05, 0.1) is 18.2 Å². The van der Waals surface area contributed by atoms with Crippen LogP contribution in [0.3, 0.4) is 0 Å². The van der Waals surface area contributed by atoms with Gasteiger partial charge in [0.25, 0.3) is 0 Å². The van der Waals surface area contributed by atoms with E-state index in [1.807, 2.05) is 0 Å². The van der Waals surface area contributed by atoms with Crippen LogP contribution in [0.5, 0.6) is 0 Å². The van der Waals surface area contributed by atoms with Crippen molar-refractivity contribution in [3.05, 3.63) is 51.4 Å². The summed E-state index contributed by atoms with van der Waals surface area (Å²) in [5, 5.41) is 9.35. The van der Waals surface area contributed by atoms with Crippen molar-refractivity contribution in [1.29, 1.82) is 0 Å². The van der Waals surface area contributed by atoms with Gasteiger partial charge in [-0.15, -0.1) is 0 Å². The van der Waals surface area contributed by atoms with E-state index < -0.39 is 10.0 Å². The lowest BCUT2D eigenvalue weighted by molar-refractivity contribution is 0.281. The first-order valence-corrected chi connectivity index (χ1v) is 8.21. The van der Waals surface area contributed by atoms with Crippen LogP contribution in [-0.4, -0.2) is 13.5 Å². The van der Waals surface area contributed by atoms with Gasteiger partial charge >= 0.3 is 0 Å². The third-order valence-corrected chi connectivity index (χ3v) is 5.01. The van der Waals surface area contributed by atoms with Crippen LogP contribution < -0.4 is 4.72 Å². The van der Waals surface area contributed by atoms with Crippen molar-refractivity contribution in [3.8, 4) is 0 Å². The van der Waals surface area contributed by atoms with Gasteiger partial charge in [0, 0.05) is 5.02 Å². The van der Waals surface area contributed by atoms with E-state index in [0.717, 1.165) is 0 Å². The number of nitrogens with one attached hydrogen (secondary N) is 1. The van der Waals surface area contributed by atoms with Crippen LogP contribution in [0.2, 0.25) is 10.0 Å². The van der Waals surface area contributed by atoms with Gasteiger partial charge in [-0.05, 0) is 36.8 Å². The summed E-state index contributed by atoms with van der Waals surface area (Å²) in [5.41, 5.74) is 0.287. The minimum absolute atomic E-state index is 0.00356. The zero-order chi connectivity index (χ0) is 15.6. The molecular formula is C13H13Cl2NO4S. The van der Waals surface area contributed by atoms with E-state index in [0.29, 0.717) is 11.5 Å². The summed E-state index contributed by atoms with van der Waals surface area (Å²) in [5.74, 6) is 1.18. The molecule has 0 amide bonds. The lowest BCUT2D eigenvalue weighted by atomic mass is 10.2. The SMILES string of the molecule is Cc1ccc(CNS(=O)(=O)c2cc(CO)c(Cl)cc2Cl)o1. The van der Waals surface area contributed by atoms with E-state index in [-0.39, 0.29) is 33.7 Å². The largest absolute Gasteiger partial charge is 0.465 e. The Labute approximate surface area is 132 Å². The second-order valence-corrected chi connectivity index (χ2v) is 6.92. The molecule has 0 unspecified atom stereocenters. The minimum Gasteiger partial charge on any atom is -0.465 e. The first kappa shape index (κ1) is 16.3. The summed E-state index contributed by atoms with van der Waals surface area (Å²) < 4.78 is 32.2. The number of hydrogen-bond donors (Lipinski definition) is 2. The summed E-state index contributed by atoms with van der Waals surface area (Å²) >= 11 is 11.8. The highest BCUT2D eigenvalue weighted by atomic mass is 35.5. The molecule has 2 rings (SSSR count). The molecule has 0 aliphatic heterocycles. The lowest BCUT2D eigenvalue weighted by Crippen LogP contribution is -2.23. The quantitative estimate of drug-likeness (QED) is 0.869. The molecule has 21 heavy (non-hydrogen) atoms. The fraction of sp³-hybridized carbons (Fsp3) is 0.231. The number of benzene rings is 1. The van der Waals surface area contributed by atoms with Crippen molar-refractivity contribution in [2.45, 2.75) is 25.0 Å². The molecule has 2 aromatic rings. The molecule has 0 aliphatic rings. The van der Waals surface area contributed by atoms with Crippen LogP contribution in [0.25, 0.3) is 0 Å². The molecule has 0 spiro atoms. The molecule has 0 bridgehead atoms. The fourth-order valence-corrected chi connectivity index (χ4v) is 3.57. The number of sulfonamides is 1. The van der Waals surface area contributed by atoms with Crippen molar-refractivity contribution in [2.75, 3.05) is 0 Å². The topological polar surface area (TPSA) is 79.5 Å².